The number of aryl methyl sites for hydroxylation is 1. The predicted molar refractivity (Wildman–Crippen MR) is 94.2 cm³/mol. The number of aromatic nitrogens is 4. The summed E-state index contributed by atoms with van der Waals surface area (Å²) in [5.41, 5.74) is 2.78. The zero-order valence-electron chi connectivity index (χ0n) is 13.8. The standard InChI is InChI=1S/C18H20N6O/c25-18(20-11-4-8-15-6-2-1-3-7-15)21-12-16-14-24(23-22-16)17-9-5-10-19-13-17/h1-3,5-7,9-10,13-14H,4,8,11-12H2,(H2,20,21,25). The Morgan fingerprint density at radius 2 is 1.96 bits per heavy atom. The van der Waals surface area contributed by atoms with Crippen LogP contribution in [0, 0.1) is 0 Å². The molecule has 0 bridgehead atoms. The second-order valence-electron chi connectivity index (χ2n) is 5.56. The van der Waals surface area contributed by atoms with Crippen LogP contribution >= 0.6 is 0 Å². The molecular formula is C18H20N6O. The van der Waals surface area contributed by atoms with Crippen molar-refractivity contribution in [2.24, 2.45) is 0 Å². The minimum Gasteiger partial charge on any atom is -0.338 e. The lowest BCUT2D eigenvalue weighted by Crippen LogP contribution is -2.35. The van der Waals surface area contributed by atoms with Crippen LogP contribution in [0.1, 0.15) is 17.7 Å². The lowest BCUT2D eigenvalue weighted by atomic mass is 10.1. The average molecular weight is 336 g/mol. The normalized spacial score (nSPS) is 10.4. The van der Waals surface area contributed by atoms with E-state index in [4.69, 9.17) is 0 Å². The molecule has 0 fully saturated rings. The van der Waals surface area contributed by atoms with E-state index in [1.54, 1.807) is 23.3 Å². The Morgan fingerprint density at radius 3 is 2.76 bits per heavy atom. The van der Waals surface area contributed by atoms with Gasteiger partial charge in [0.05, 0.1) is 24.6 Å². The minimum atomic E-state index is -0.205. The molecule has 0 aliphatic rings. The van der Waals surface area contributed by atoms with Crippen LogP contribution in [0.25, 0.3) is 5.69 Å². The molecule has 0 aliphatic heterocycles. The van der Waals surface area contributed by atoms with E-state index in [-0.39, 0.29) is 6.03 Å². The fourth-order valence-electron chi connectivity index (χ4n) is 2.37. The molecule has 0 radical (unpaired) electrons. The van der Waals surface area contributed by atoms with E-state index in [0.717, 1.165) is 18.5 Å². The molecule has 0 unspecified atom stereocenters. The molecule has 2 amide bonds. The Hall–Kier alpha value is -3.22. The lowest BCUT2D eigenvalue weighted by molar-refractivity contribution is 0.240. The summed E-state index contributed by atoms with van der Waals surface area (Å²) in [7, 11) is 0. The van der Waals surface area contributed by atoms with Crippen LogP contribution in [-0.2, 0) is 13.0 Å². The number of nitrogens with zero attached hydrogens (tertiary/aromatic N) is 4. The first-order valence-corrected chi connectivity index (χ1v) is 8.18. The molecular weight excluding hydrogens is 316 g/mol. The van der Waals surface area contributed by atoms with E-state index in [2.05, 4.69) is 38.1 Å². The Morgan fingerprint density at radius 1 is 1.08 bits per heavy atom. The highest BCUT2D eigenvalue weighted by molar-refractivity contribution is 5.73. The summed E-state index contributed by atoms with van der Waals surface area (Å²) in [5.74, 6) is 0. The number of pyridine rings is 1. The molecule has 25 heavy (non-hydrogen) atoms. The van der Waals surface area contributed by atoms with Crippen molar-refractivity contribution in [1.82, 2.24) is 30.6 Å². The van der Waals surface area contributed by atoms with E-state index in [0.29, 0.717) is 18.8 Å². The summed E-state index contributed by atoms with van der Waals surface area (Å²) in [6.07, 6.45) is 7.01. The largest absolute Gasteiger partial charge is 0.338 e. The highest BCUT2D eigenvalue weighted by atomic mass is 16.2. The number of amides is 2. The predicted octanol–water partition coefficient (Wildman–Crippen LogP) is 2.09. The van der Waals surface area contributed by atoms with Gasteiger partial charge in [0.2, 0.25) is 0 Å². The van der Waals surface area contributed by atoms with Gasteiger partial charge in [-0.05, 0) is 30.5 Å². The van der Waals surface area contributed by atoms with Crippen molar-refractivity contribution in [2.75, 3.05) is 6.54 Å². The number of nitrogens with one attached hydrogen (secondary N) is 2. The fraction of sp³-hybridized carbons (Fsp3) is 0.222. The topological polar surface area (TPSA) is 84.7 Å². The van der Waals surface area contributed by atoms with Crippen molar-refractivity contribution in [3.63, 3.8) is 0 Å². The Kier molecular flexibility index (Phi) is 5.71. The van der Waals surface area contributed by atoms with Gasteiger partial charge < -0.3 is 10.6 Å². The maximum absolute atomic E-state index is 11.8. The third kappa shape index (κ3) is 5.13. The van der Waals surface area contributed by atoms with Crippen molar-refractivity contribution in [1.29, 1.82) is 0 Å². The van der Waals surface area contributed by atoms with Gasteiger partial charge in [-0.1, -0.05) is 35.5 Å². The van der Waals surface area contributed by atoms with Crippen molar-refractivity contribution >= 4 is 6.03 Å². The van der Waals surface area contributed by atoms with Gasteiger partial charge in [-0.2, -0.15) is 0 Å². The zero-order chi connectivity index (χ0) is 17.3. The molecule has 0 saturated heterocycles. The summed E-state index contributed by atoms with van der Waals surface area (Å²) in [6, 6.07) is 13.7. The number of urea groups is 1. The number of benzene rings is 1. The quantitative estimate of drug-likeness (QED) is 0.647. The SMILES string of the molecule is O=C(NCCCc1ccccc1)NCc1cn(-c2cccnc2)nn1. The van der Waals surface area contributed by atoms with E-state index in [9.17, 15) is 4.79 Å². The van der Waals surface area contributed by atoms with Crippen LogP contribution in [0.3, 0.4) is 0 Å². The molecule has 1 aromatic carbocycles. The third-order valence-corrected chi connectivity index (χ3v) is 3.65. The first kappa shape index (κ1) is 16.6. The van der Waals surface area contributed by atoms with Gasteiger partial charge in [-0.25, -0.2) is 9.48 Å². The first-order chi connectivity index (χ1) is 12.3. The average Bonchev–Trinajstić information content (AvgIpc) is 3.14. The van der Waals surface area contributed by atoms with Crippen LogP contribution in [0.2, 0.25) is 0 Å². The van der Waals surface area contributed by atoms with Gasteiger partial charge in [0.15, 0.2) is 0 Å². The van der Waals surface area contributed by atoms with E-state index < -0.39 is 0 Å². The van der Waals surface area contributed by atoms with Gasteiger partial charge in [-0.15, -0.1) is 5.10 Å². The van der Waals surface area contributed by atoms with Gasteiger partial charge in [0, 0.05) is 12.7 Å². The minimum absolute atomic E-state index is 0.205. The lowest BCUT2D eigenvalue weighted by Gasteiger charge is -2.06. The summed E-state index contributed by atoms with van der Waals surface area (Å²) < 4.78 is 1.63. The van der Waals surface area contributed by atoms with Crippen LogP contribution in [0.5, 0.6) is 0 Å². The number of hydrogen-bond acceptors (Lipinski definition) is 4. The molecule has 7 heteroatoms. The second kappa shape index (κ2) is 8.58. The maximum Gasteiger partial charge on any atom is 0.315 e. The van der Waals surface area contributed by atoms with Crippen LogP contribution in [0.4, 0.5) is 4.79 Å². The Balaban J connectivity index is 1.37. The molecule has 2 heterocycles. The molecule has 3 aromatic rings. The molecule has 0 spiro atoms. The van der Waals surface area contributed by atoms with Gasteiger partial charge in [-0.3, -0.25) is 4.98 Å². The molecule has 0 atom stereocenters. The van der Waals surface area contributed by atoms with E-state index in [1.165, 1.54) is 5.56 Å². The molecule has 3 rings (SSSR count). The Bertz CT molecular complexity index is 788. The van der Waals surface area contributed by atoms with Crippen molar-refractivity contribution in [2.45, 2.75) is 19.4 Å². The van der Waals surface area contributed by atoms with E-state index >= 15 is 0 Å². The van der Waals surface area contributed by atoms with Gasteiger partial charge in [0.25, 0.3) is 0 Å². The number of carbonyl (C=O) groups is 1. The monoisotopic (exact) mass is 336 g/mol. The highest BCUT2D eigenvalue weighted by Gasteiger charge is 2.05. The third-order valence-electron chi connectivity index (χ3n) is 3.65. The van der Waals surface area contributed by atoms with Gasteiger partial charge >= 0.3 is 6.03 Å². The fourth-order valence-corrected chi connectivity index (χ4v) is 2.37. The van der Waals surface area contributed by atoms with Crippen molar-refractivity contribution in [3.05, 3.63) is 72.3 Å². The number of rotatable bonds is 7. The van der Waals surface area contributed by atoms with Crippen molar-refractivity contribution < 1.29 is 4.79 Å². The summed E-state index contributed by atoms with van der Waals surface area (Å²) in [6.45, 7) is 0.952. The maximum atomic E-state index is 11.8. The smallest absolute Gasteiger partial charge is 0.315 e. The summed E-state index contributed by atoms with van der Waals surface area (Å²) >= 11 is 0. The second-order valence-corrected chi connectivity index (χ2v) is 5.56. The number of hydrogen-bond donors (Lipinski definition) is 2. The first-order valence-electron chi connectivity index (χ1n) is 8.18. The van der Waals surface area contributed by atoms with E-state index in [1.807, 2.05) is 30.3 Å². The summed E-state index contributed by atoms with van der Waals surface area (Å²) in [5, 5.41) is 13.7. The van der Waals surface area contributed by atoms with Gasteiger partial charge in [0.1, 0.15) is 5.69 Å². The molecule has 2 aromatic heterocycles. The Labute approximate surface area is 146 Å². The molecule has 0 aliphatic carbocycles. The molecule has 0 saturated carbocycles. The summed E-state index contributed by atoms with van der Waals surface area (Å²) in [4.78, 5) is 15.9. The van der Waals surface area contributed by atoms with Crippen LogP contribution in [0.15, 0.2) is 61.1 Å². The van der Waals surface area contributed by atoms with Crippen LogP contribution in [-0.4, -0.2) is 32.6 Å². The molecule has 2 N–H and O–H groups in total. The molecule has 7 nitrogen and oxygen atoms in total. The molecule has 128 valence electrons. The highest BCUT2D eigenvalue weighted by Crippen LogP contribution is 2.04. The van der Waals surface area contributed by atoms with Crippen molar-refractivity contribution in [3.8, 4) is 5.69 Å². The van der Waals surface area contributed by atoms with Crippen LogP contribution < -0.4 is 10.6 Å². The number of carbonyl (C=O) groups excluding carboxylic acids is 1. The zero-order valence-corrected chi connectivity index (χ0v) is 13.8.